The molecule has 6 heteroatoms. The predicted molar refractivity (Wildman–Crippen MR) is 68.1 cm³/mol. The highest BCUT2D eigenvalue weighted by Crippen LogP contribution is 2.23. The average Bonchev–Trinajstić information content (AvgIpc) is 2.85. The van der Waals surface area contributed by atoms with Crippen molar-refractivity contribution < 1.29 is 0 Å². The first kappa shape index (κ1) is 10.7. The number of benzene rings is 1. The van der Waals surface area contributed by atoms with Crippen LogP contribution in [0.4, 0.5) is 0 Å². The van der Waals surface area contributed by atoms with E-state index in [0.29, 0.717) is 16.2 Å². The third kappa shape index (κ3) is 1.71. The van der Waals surface area contributed by atoms with Crippen LogP contribution < -0.4 is 0 Å². The van der Waals surface area contributed by atoms with Crippen molar-refractivity contribution in [1.29, 1.82) is 5.26 Å². The van der Waals surface area contributed by atoms with Gasteiger partial charge in [0.1, 0.15) is 28.6 Å². The zero-order valence-electron chi connectivity index (χ0n) is 9.19. The van der Waals surface area contributed by atoms with Gasteiger partial charge in [0.25, 0.3) is 0 Å². The highest BCUT2D eigenvalue weighted by molar-refractivity contribution is 8.03. The van der Waals surface area contributed by atoms with Crippen LogP contribution in [0.2, 0.25) is 0 Å². The van der Waals surface area contributed by atoms with Gasteiger partial charge in [-0.25, -0.2) is 15.0 Å². The molecule has 0 saturated carbocycles. The molecule has 0 aliphatic carbocycles. The summed E-state index contributed by atoms with van der Waals surface area (Å²) in [7, 11) is 0. The summed E-state index contributed by atoms with van der Waals surface area (Å²) in [4.78, 5) is 12.6. The molecule has 2 heterocycles. The Morgan fingerprint density at radius 2 is 1.94 bits per heavy atom. The van der Waals surface area contributed by atoms with E-state index in [4.69, 9.17) is 5.26 Å². The van der Waals surface area contributed by atoms with E-state index in [0.717, 1.165) is 17.4 Å². The zero-order valence-corrected chi connectivity index (χ0v) is 10.0. The Hall–Kier alpha value is -2.39. The monoisotopic (exact) mass is 253 g/mol. The maximum atomic E-state index is 8.72. The fourth-order valence-corrected chi connectivity index (χ4v) is 2.14. The number of fused-ring (bicyclic) bond motifs is 1. The van der Waals surface area contributed by atoms with E-state index >= 15 is 0 Å². The lowest BCUT2D eigenvalue weighted by molar-refractivity contribution is 1.04. The van der Waals surface area contributed by atoms with Crippen LogP contribution in [0.3, 0.4) is 0 Å². The standard InChI is InChI=1S/C12H7N5S/c13-6-18-12-10-11(14-7-15-12)17(8-16-10)9-4-2-1-3-5-9/h1-5,7-8H. The zero-order chi connectivity index (χ0) is 12.4. The minimum absolute atomic E-state index is 0.581. The van der Waals surface area contributed by atoms with Gasteiger partial charge in [0.05, 0.1) is 0 Å². The van der Waals surface area contributed by atoms with Gasteiger partial charge in [0, 0.05) is 17.4 Å². The maximum absolute atomic E-state index is 8.72. The van der Waals surface area contributed by atoms with Gasteiger partial charge >= 0.3 is 0 Å². The summed E-state index contributed by atoms with van der Waals surface area (Å²) in [5, 5.41) is 11.3. The molecule has 2 aromatic heterocycles. The van der Waals surface area contributed by atoms with Crippen molar-refractivity contribution >= 4 is 22.9 Å². The second kappa shape index (κ2) is 4.47. The van der Waals surface area contributed by atoms with E-state index in [-0.39, 0.29) is 0 Å². The SMILES string of the molecule is N#CSc1ncnc2c1ncn2-c1ccccc1. The van der Waals surface area contributed by atoms with Gasteiger partial charge in [-0.3, -0.25) is 4.57 Å². The van der Waals surface area contributed by atoms with E-state index in [1.54, 1.807) is 6.33 Å². The van der Waals surface area contributed by atoms with Crippen molar-refractivity contribution in [2.24, 2.45) is 0 Å². The molecule has 86 valence electrons. The van der Waals surface area contributed by atoms with E-state index in [2.05, 4.69) is 15.0 Å². The molecule has 0 amide bonds. The lowest BCUT2D eigenvalue weighted by Gasteiger charge is -2.02. The number of aromatic nitrogens is 4. The highest BCUT2D eigenvalue weighted by atomic mass is 32.2. The molecule has 0 fully saturated rings. The van der Waals surface area contributed by atoms with Crippen LogP contribution in [0.1, 0.15) is 0 Å². The normalized spacial score (nSPS) is 10.4. The summed E-state index contributed by atoms with van der Waals surface area (Å²) in [6.07, 6.45) is 3.14. The van der Waals surface area contributed by atoms with E-state index in [1.165, 1.54) is 6.33 Å². The number of hydrogen-bond donors (Lipinski definition) is 0. The minimum Gasteiger partial charge on any atom is -0.283 e. The number of nitriles is 1. The maximum Gasteiger partial charge on any atom is 0.169 e. The number of hydrogen-bond acceptors (Lipinski definition) is 5. The molecular weight excluding hydrogens is 246 g/mol. The van der Waals surface area contributed by atoms with E-state index < -0.39 is 0 Å². The Bertz CT molecular complexity index is 729. The summed E-state index contributed by atoms with van der Waals surface area (Å²) >= 11 is 0.992. The Balaban J connectivity index is 2.22. The van der Waals surface area contributed by atoms with Gasteiger partial charge in [0.15, 0.2) is 5.65 Å². The number of thiocyanates is 1. The van der Waals surface area contributed by atoms with Crippen LogP contribution in [-0.2, 0) is 0 Å². The summed E-state index contributed by atoms with van der Waals surface area (Å²) in [5.74, 6) is 0. The average molecular weight is 253 g/mol. The number of thioether (sulfide) groups is 1. The molecule has 0 N–H and O–H groups in total. The summed E-state index contributed by atoms with van der Waals surface area (Å²) in [6.45, 7) is 0. The Morgan fingerprint density at radius 1 is 1.11 bits per heavy atom. The largest absolute Gasteiger partial charge is 0.283 e. The van der Waals surface area contributed by atoms with Crippen LogP contribution in [0.15, 0.2) is 48.0 Å². The molecule has 0 aliphatic heterocycles. The lowest BCUT2D eigenvalue weighted by Crippen LogP contribution is -1.94. The molecule has 0 aliphatic rings. The summed E-state index contributed by atoms with van der Waals surface area (Å²) in [5.41, 5.74) is 2.33. The van der Waals surface area contributed by atoms with Crippen molar-refractivity contribution in [1.82, 2.24) is 19.5 Å². The third-order valence-corrected chi connectivity index (χ3v) is 3.06. The van der Waals surface area contributed by atoms with Gasteiger partial charge in [-0.1, -0.05) is 18.2 Å². The van der Waals surface area contributed by atoms with Gasteiger partial charge in [0.2, 0.25) is 0 Å². The van der Waals surface area contributed by atoms with Crippen LogP contribution in [0.25, 0.3) is 16.9 Å². The Kier molecular flexibility index (Phi) is 2.67. The first-order valence-corrected chi connectivity index (χ1v) is 6.01. The van der Waals surface area contributed by atoms with Crippen molar-refractivity contribution in [3.8, 4) is 11.1 Å². The van der Waals surface area contributed by atoms with Crippen molar-refractivity contribution in [2.45, 2.75) is 5.03 Å². The van der Waals surface area contributed by atoms with Gasteiger partial charge in [-0.2, -0.15) is 5.26 Å². The molecule has 18 heavy (non-hydrogen) atoms. The van der Waals surface area contributed by atoms with Crippen molar-refractivity contribution in [2.75, 3.05) is 0 Å². The molecule has 0 spiro atoms. The predicted octanol–water partition coefficient (Wildman–Crippen LogP) is 2.39. The third-order valence-electron chi connectivity index (χ3n) is 2.48. The Labute approximate surface area is 107 Å². The van der Waals surface area contributed by atoms with E-state index in [1.807, 2.05) is 40.3 Å². The Morgan fingerprint density at radius 3 is 2.72 bits per heavy atom. The highest BCUT2D eigenvalue weighted by Gasteiger charge is 2.11. The minimum atomic E-state index is 0.581. The van der Waals surface area contributed by atoms with Gasteiger partial charge in [-0.05, 0) is 12.1 Å². The molecular formula is C12H7N5S. The number of para-hydroxylation sites is 1. The molecule has 3 aromatic rings. The first-order valence-electron chi connectivity index (χ1n) is 5.19. The number of nitrogens with zero attached hydrogens (tertiary/aromatic N) is 5. The fourth-order valence-electron chi connectivity index (χ4n) is 1.71. The van der Waals surface area contributed by atoms with Crippen molar-refractivity contribution in [3.63, 3.8) is 0 Å². The van der Waals surface area contributed by atoms with E-state index in [9.17, 15) is 0 Å². The topological polar surface area (TPSA) is 67.4 Å². The van der Waals surface area contributed by atoms with Crippen LogP contribution in [0.5, 0.6) is 0 Å². The summed E-state index contributed by atoms with van der Waals surface area (Å²) in [6, 6.07) is 9.80. The second-order valence-electron chi connectivity index (χ2n) is 3.49. The fraction of sp³-hybridized carbons (Fsp3) is 0. The molecule has 1 aromatic carbocycles. The van der Waals surface area contributed by atoms with Gasteiger partial charge < -0.3 is 0 Å². The second-order valence-corrected chi connectivity index (χ2v) is 4.27. The smallest absolute Gasteiger partial charge is 0.169 e. The quantitative estimate of drug-likeness (QED) is 0.398. The molecule has 0 saturated heterocycles. The summed E-state index contributed by atoms with van der Waals surface area (Å²) < 4.78 is 1.87. The van der Waals surface area contributed by atoms with Crippen molar-refractivity contribution in [3.05, 3.63) is 43.0 Å². The van der Waals surface area contributed by atoms with Crippen LogP contribution in [-0.4, -0.2) is 19.5 Å². The molecule has 0 bridgehead atoms. The molecule has 3 rings (SSSR count). The molecule has 0 unspecified atom stereocenters. The number of rotatable bonds is 2. The molecule has 0 radical (unpaired) electrons. The molecule has 5 nitrogen and oxygen atoms in total. The lowest BCUT2D eigenvalue weighted by atomic mass is 10.3. The first-order chi connectivity index (χ1) is 8.90. The number of imidazole rings is 1. The molecule has 0 atom stereocenters. The van der Waals surface area contributed by atoms with Gasteiger partial charge in [-0.15, -0.1) is 0 Å². The van der Waals surface area contributed by atoms with Crippen LogP contribution in [0, 0.1) is 10.7 Å². The van der Waals surface area contributed by atoms with Crippen LogP contribution >= 0.6 is 11.8 Å².